The number of hydrogen-bond acceptors (Lipinski definition) is 6. The van der Waals surface area contributed by atoms with E-state index in [4.69, 9.17) is 9.84 Å². The number of aliphatic hydroxyl groups excluding tert-OH is 1. The maximum atomic E-state index is 11.9. The van der Waals surface area contributed by atoms with Crippen molar-refractivity contribution in [2.24, 2.45) is 4.99 Å². The molecule has 0 aliphatic carbocycles. The summed E-state index contributed by atoms with van der Waals surface area (Å²) in [6.45, 7) is 2.06. The van der Waals surface area contributed by atoms with Gasteiger partial charge in [-0.05, 0) is 31.0 Å². The van der Waals surface area contributed by atoms with E-state index in [2.05, 4.69) is 10.3 Å². The van der Waals surface area contributed by atoms with Crippen molar-refractivity contribution in [3.05, 3.63) is 23.8 Å². The topological polar surface area (TPSA) is 94.5 Å². The highest BCUT2D eigenvalue weighted by atomic mass is 16.5. The van der Waals surface area contributed by atoms with Crippen LogP contribution in [0.4, 0.5) is 5.69 Å². The van der Waals surface area contributed by atoms with Crippen molar-refractivity contribution in [1.82, 2.24) is 15.1 Å². The van der Waals surface area contributed by atoms with Crippen molar-refractivity contribution < 1.29 is 19.4 Å². The minimum absolute atomic E-state index is 0.0401. The molecule has 2 aliphatic heterocycles. The Hall–Kier alpha value is -2.61. The fourth-order valence-corrected chi connectivity index (χ4v) is 2.96. The number of carbonyl (C=O) groups excluding carboxylic acids is 2. The zero-order valence-corrected chi connectivity index (χ0v) is 14.9. The van der Waals surface area contributed by atoms with Gasteiger partial charge in [0.1, 0.15) is 12.3 Å². The number of hydrogen-bond donors (Lipinski definition) is 2. The molecule has 0 radical (unpaired) electrons. The number of nitrogens with zero attached hydrogens (tertiary/aromatic N) is 3. The van der Waals surface area contributed by atoms with E-state index in [0.717, 1.165) is 17.0 Å². The van der Waals surface area contributed by atoms with Gasteiger partial charge in [0, 0.05) is 38.7 Å². The average Bonchev–Trinajstić information content (AvgIpc) is 2.99. The van der Waals surface area contributed by atoms with Gasteiger partial charge in [-0.2, -0.15) is 0 Å². The highest BCUT2D eigenvalue weighted by Crippen LogP contribution is 2.30. The largest absolute Gasteiger partial charge is 0.494 e. The van der Waals surface area contributed by atoms with Crippen molar-refractivity contribution in [3.8, 4) is 5.75 Å². The monoisotopic (exact) mass is 360 g/mol. The predicted octanol–water partition coefficient (Wildman–Crippen LogP) is 0.619. The van der Waals surface area contributed by atoms with Crippen molar-refractivity contribution in [2.45, 2.75) is 25.8 Å². The summed E-state index contributed by atoms with van der Waals surface area (Å²) in [4.78, 5) is 31.4. The summed E-state index contributed by atoms with van der Waals surface area (Å²) in [5.41, 5.74) is 1.86. The number of guanidine groups is 1. The third kappa shape index (κ3) is 4.32. The molecule has 2 heterocycles. The van der Waals surface area contributed by atoms with Crippen LogP contribution in [0.15, 0.2) is 23.2 Å². The van der Waals surface area contributed by atoms with Gasteiger partial charge in [-0.15, -0.1) is 0 Å². The van der Waals surface area contributed by atoms with E-state index < -0.39 is 0 Å². The molecule has 8 nitrogen and oxygen atoms in total. The summed E-state index contributed by atoms with van der Waals surface area (Å²) in [6, 6.07) is 5.67. The first-order valence-electron chi connectivity index (χ1n) is 8.81. The van der Waals surface area contributed by atoms with Crippen LogP contribution in [0.1, 0.15) is 24.8 Å². The van der Waals surface area contributed by atoms with Gasteiger partial charge in [-0.3, -0.25) is 14.9 Å². The molecule has 0 atom stereocenters. The standard InChI is InChI=1S/C18H24N4O4/c1-21(7-3-8-23)17(25)4-2-9-26-14-5-6-15-13(10-14)11-22-12-16(24)20-18(22)19-15/h5-6,10,23H,2-4,7-9,11-12H2,1H3,(H,19,20,24). The summed E-state index contributed by atoms with van der Waals surface area (Å²) in [6.07, 6.45) is 1.64. The molecule has 1 saturated heterocycles. The molecule has 0 unspecified atom stereocenters. The Morgan fingerprint density at radius 2 is 2.23 bits per heavy atom. The van der Waals surface area contributed by atoms with E-state index in [1.807, 2.05) is 23.1 Å². The molecule has 26 heavy (non-hydrogen) atoms. The van der Waals surface area contributed by atoms with E-state index >= 15 is 0 Å². The molecule has 3 rings (SSSR count). The average molecular weight is 360 g/mol. The number of ether oxygens (including phenoxy) is 1. The molecule has 0 bridgehead atoms. The van der Waals surface area contributed by atoms with Crippen molar-refractivity contribution in [3.63, 3.8) is 0 Å². The number of carbonyl (C=O) groups is 2. The van der Waals surface area contributed by atoms with Gasteiger partial charge in [0.05, 0.1) is 12.3 Å². The molecule has 1 aromatic rings. The van der Waals surface area contributed by atoms with Gasteiger partial charge in [-0.25, -0.2) is 4.99 Å². The molecule has 8 heteroatoms. The Bertz CT molecular complexity index is 719. The van der Waals surface area contributed by atoms with Crippen LogP contribution >= 0.6 is 0 Å². The maximum absolute atomic E-state index is 11.9. The highest BCUT2D eigenvalue weighted by Gasteiger charge is 2.29. The first kappa shape index (κ1) is 18.2. The van der Waals surface area contributed by atoms with E-state index in [-0.39, 0.29) is 18.4 Å². The lowest BCUT2D eigenvalue weighted by Crippen LogP contribution is -2.32. The summed E-state index contributed by atoms with van der Waals surface area (Å²) in [5, 5.41) is 11.5. The van der Waals surface area contributed by atoms with Gasteiger partial charge in [0.15, 0.2) is 0 Å². The molecule has 0 saturated carbocycles. The minimum Gasteiger partial charge on any atom is -0.494 e. The summed E-state index contributed by atoms with van der Waals surface area (Å²) in [7, 11) is 1.75. The Morgan fingerprint density at radius 3 is 3.04 bits per heavy atom. The molecular formula is C18H24N4O4. The van der Waals surface area contributed by atoms with Crippen molar-refractivity contribution >= 4 is 23.5 Å². The number of amides is 2. The smallest absolute Gasteiger partial charge is 0.246 e. The second-order valence-corrected chi connectivity index (χ2v) is 6.47. The van der Waals surface area contributed by atoms with Gasteiger partial charge in [-0.1, -0.05) is 0 Å². The number of aliphatic hydroxyl groups is 1. The minimum atomic E-state index is -0.0401. The second-order valence-electron chi connectivity index (χ2n) is 6.47. The van der Waals surface area contributed by atoms with Gasteiger partial charge in [0.25, 0.3) is 0 Å². The molecular weight excluding hydrogens is 336 g/mol. The Morgan fingerprint density at radius 1 is 1.38 bits per heavy atom. The molecule has 2 N–H and O–H groups in total. The number of benzene rings is 1. The summed E-state index contributed by atoms with van der Waals surface area (Å²) >= 11 is 0. The summed E-state index contributed by atoms with van der Waals surface area (Å²) in [5.74, 6) is 1.36. The predicted molar refractivity (Wildman–Crippen MR) is 96.2 cm³/mol. The Kier molecular flexibility index (Phi) is 5.72. The molecule has 2 amide bonds. The van der Waals surface area contributed by atoms with Crippen LogP contribution in [-0.2, 0) is 16.1 Å². The lowest BCUT2D eigenvalue weighted by atomic mass is 10.1. The summed E-state index contributed by atoms with van der Waals surface area (Å²) < 4.78 is 5.76. The van der Waals surface area contributed by atoms with Crippen LogP contribution in [0.2, 0.25) is 0 Å². The number of nitrogens with one attached hydrogen (secondary N) is 1. The first-order valence-corrected chi connectivity index (χ1v) is 8.81. The van der Waals surface area contributed by atoms with Crippen LogP contribution in [0.25, 0.3) is 0 Å². The Labute approximate surface area is 152 Å². The quantitative estimate of drug-likeness (QED) is 0.663. The van der Waals surface area contributed by atoms with E-state index in [0.29, 0.717) is 51.5 Å². The molecule has 1 fully saturated rings. The molecule has 0 aromatic heterocycles. The maximum Gasteiger partial charge on any atom is 0.246 e. The van der Waals surface area contributed by atoms with Crippen molar-refractivity contribution in [2.75, 3.05) is 33.4 Å². The van der Waals surface area contributed by atoms with E-state index in [1.165, 1.54) is 0 Å². The first-order chi connectivity index (χ1) is 12.6. The zero-order valence-electron chi connectivity index (χ0n) is 14.9. The van der Waals surface area contributed by atoms with Crippen LogP contribution in [0, 0.1) is 0 Å². The number of rotatable bonds is 8. The highest BCUT2D eigenvalue weighted by molar-refractivity contribution is 6.05. The normalized spacial score (nSPS) is 15.1. The van der Waals surface area contributed by atoms with E-state index in [9.17, 15) is 9.59 Å². The fraction of sp³-hybridized carbons (Fsp3) is 0.500. The zero-order chi connectivity index (χ0) is 18.5. The second kappa shape index (κ2) is 8.18. The van der Waals surface area contributed by atoms with Crippen LogP contribution in [-0.4, -0.2) is 66.0 Å². The van der Waals surface area contributed by atoms with E-state index in [1.54, 1.807) is 11.9 Å². The molecule has 140 valence electrons. The van der Waals surface area contributed by atoms with Gasteiger partial charge >= 0.3 is 0 Å². The van der Waals surface area contributed by atoms with Crippen LogP contribution < -0.4 is 10.1 Å². The van der Waals surface area contributed by atoms with Gasteiger partial charge < -0.3 is 19.6 Å². The fourth-order valence-electron chi connectivity index (χ4n) is 2.96. The Balaban J connectivity index is 1.47. The molecule has 1 aromatic carbocycles. The van der Waals surface area contributed by atoms with Gasteiger partial charge in [0.2, 0.25) is 17.8 Å². The van der Waals surface area contributed by atoms with Crippen molar-refractivity contribution in [1.29, 1.82) is 0 Å². The van der Waals surface area contributed by atoms with Crippen LogP contribution in [0.3, 0.4) is 0 Å². The third-order valence-corrected chi connectivity index (χ3v) is 4.40. The third-order valence-electron chi connectivity index (χ3n) is 4.40. The molecule has 0 spiro atoms. The number of fused-ring (bicyclic) bond motifs is 2. The number of aliphatic imine (C=N–C) groups is 1. The lowest BCUT2D eigenvalue weighted by Gasteiger charge is -2.23. The molecule has 2 aliphatic rings. The lowest BCUT2D eigenvalue weighted by molar-refractivity contribution is -0.130. The SMILES string of the molecule is CN(CCCO)C(=O)CCCOc1ccc2c(c1)CN1CC(=O)NC1=N2. The van der Waals surface area contributed by atoms with Crippen LogP contribution in [0.5, 0.6) is 5.75 Å².